The van der Waals surface area contributed by atoms with Crippen molar-refractivity contribution in [2.75, 3.05) is 5.75 Å². The maximum absolute atomic E-state index is 13.2. The van der Waals surface area contributed by atoms with Crippen LogP contribution in [0.5, 0.6) is 0 Å². The maximum Gasteiger partial charge on any atom is 0.238 e. The highest BCUT2D eigenvalue weighted by Crippen LogP contribution is 2.70. The Morgan fingerprint density at radius 1 is 1.30 bits per heavy atom. The fraction of sp³-hybridized carbons (Fsp3) is 0.667. The Balaban J connectivity index is 1.61. The predicted molar refractivity (Wildman–Crippen MR) is 102 cm³/mol. The zero-order valence-corrected chi connectivity index (χ0v) is 17.1. The first-order valence-corrected chi connectivity index (χ1v) is 11.5. The average molecular weight is 394 g/mol. The number of nitrogens with zero attached hydrogens (tertiary/aromatic N) is 1. The summed E-state index contributed by atoms with van der Waals surface area (Å²) in [4.78, 5) is 13.2. The molecule has 6 heteroatoms. The van der Waals surface area contributed by atoms with Crippen molar-refractivity contribution in [2.24, 2.45) is 16.7 Å². The zero-order chi connectivity index (χ0) is 19.6. The van der Waals surface area contributed by atoms with Gasteiger partial charge in [0.15, 0.2) is 0 Å². The molecule has 0 unspecified atom stereocenters. The molecule has 4 nitrogen and oxygen atoms in total. The largest absolute Gasteiger partial charge is 0.274 e. The van der Waals surface area contributed by atoms with Gasteiger partial charge in [0.1, 0.15) is 5.82 Å². The molecule has 1 aliphatic heterocycles. The van der Waals surface area contributed by atoms with E-state index in [0.29, 0.717) is 12.3 Å². The molecule has 4 atom stereocenters. The van der Waals surface area contributed by atoms with Crippen LogP contribution in [0.2, 0.25) is 0 Å². The molecule has 0 N–H and O–H groups in total. The van der Waals surface area contributed by atoms with Gasteiger partial charge >= 0.3 is 0 Å². The molecule has 4 rings (SSSR count). The number of sulfonamides is 1. The number of halogens is 1. The molecule has 3 aliphatic rings. The van der Waals surface area contributed by atoms with Crippen molar-refractivity contribution in [3.8, 4) is 0 Å². The van der Waals surface area contributed by atoms with Crippen molar-refractivity contribution in [2.45, 2.75) is 64.8 Å². The van der Waals surface area contributed by atoms with Gasteiger partial charge in [-0.1, -0.05) is 32.9 Å². The van der Waals surface area contributed by atoms with Gasteiger partial charge in [-0.15, -0.1) is 0 Å². The molecule has 1 spiro atoms. The summed E-state index contributed by atoms with van der Waals surface area (Å²) < 4.78 is 40.5. The summed E-state index contributed by atoms with van der Waals surface area (Å²) in [5.74, 6) is -0.110. The summed E-state index contributed by atoms with van der Waals surface area (Å²) in [5, 5.41) is 0. The number of fused-ring (bicyclic) bond motifs is 1. The first-order chi connectivity index (χ1) is 12.6. The van der Waals surface area contributed by atoms with Crippen molar-refractivity contribution in [1.82, 2.24) is 4.31 Å². The SMILES string of the molecule is CC[C@H](CC(=O)N1[C@@H]2C[C@H]3CC[C@]2(CS1(=O)=O)C3(C)C)c1ccc(F)cc1. The number of hydrogen-bond acceptors (Lipinski definition) is 3. The van der Waals surface area contributed by atoms with Gasteiger partial charge in [0, 0.05) is 11.8 Å². The molecule has 0 radical (unpaired) electrons. The van der Waals surface area contributed by atoms with E-state index in [4.69, 9.17) is 0 Å². The quantitative estimate of drug-likeness (QED) is 0.775. The second-order valence-corrected chi connectivity index (χ2v) is 11.0. The standard InChI is InChI=1S/C21H28FNO3S/c1-4-14(15-5-7-17(22)8-6-15)11-19(24)23-18-12-16-9-10-21(18,20(16,2)3)13-27(23,25)26/h5-8,14,16,18H,4,9-13H2,1-3H3/t14-,16-,18-,21-/m1/s1. The summed E-state index contributed by atoms with van der Waals surface area (Å²) in [6.45, 7) is 6.34. The van der Waals surface area contributed by atoms with Crippen LogP contribution in [0, 0.1) is 22.6 Å². The van der Waals surface area contributed by atoms with Crippen LogP contribution in [-0.2, 0) is 14.8 Å². The van der Waals surface area contributed by atoms with Crippen molar-refractivity contribution in [1.29, 1.82) is 0 Å². The average Bonchev–Trinajstić information content (AvgIpc) is 3.07. The topological polar surface area (TPSA) is 54.5 Å². The second-order valence-electron chi connectivity index (χ2n) is 9.17. The van der Waals surface area contributed by atoms with Gasteiger partial charge in [0.2, 0.25) is 15.9 Å². The minimum atomic E-state index is -3.58. The first kappa shape index (κ1) is 18.9. The molecule has 2 saturated carbocycles. The van der Waals surface area contributed by atoms with Gasteiger partial charge in [0.05, 0.1) is 11.8 Å². The molecular weight excluding hydrogens is 365 g/mol. The van der Waals surface area contributed by atoms with Gasteiger partial charge < -0.3 is 0 Å². The smallest absolute Gasteiger partial charge is 0.238 e. The molecule has 27 heavy (non-hydrogen) atoms. The lowest BCUT2D eigenvalue weighted by Crippen LogP contribution is -2.44. The van der Waals surface area contributed by atoms with Crippen LogP contribution in [0.4, 0.5) is 4.39 Å². The number of hydrogen-bond donors (Lipinski definition) is 0. The summed E-state index contributed by atoms with van der Waals surface area (Å²) in [5.41, 5.74) is 0.553. The second kappa shape index (κ2) is 6.03. The van der Waals surface area contributed by atoms with E-state index in [9.17, 15) is 17.6 Å². The molecule has 2 aliphatic carbocycles. The minimum Gasteiger partial charge on any atom is -0.274 e. The van der Waals surface area contributed by atoms with Crippen molar-refractivity contribution < 1.29 is 17.6 Å². The van der Waals surface area contributed by atoms with Gasteiger partial charge in [0.25, 0.3) is 0 Å². The molecule has 1 aromatic carbocycles. The zero-order valence-electron chi connectivity index (χ0n) is 16.2. The number of carbonyl (C=O) groups excluding carboxylic acids is 1. The molecular formula is C21H28FNO3S. The summed E-state index contributed by atoms with van der Waals surface area (Å²) in [6, 6.07) is 5.98. The third-order valence-electron chi connectivity index (χ3n) is 7.91. The number of carbonyl (C=O) groups is 1. The molecule has 2 bridgehead atoms. The number of amides is 1. The van der Waals surface area contributed by atoms with Crippen LogP contribution in [0.25, 0.3) is 0 Å². The third-order valence-corrected chi connectivity index (χ3v) is 9.85. The van der Waals surface area contributed by atoms with E-state index in [0.717, 1.165) is 24.8 Å². The normalized spacial score (nSPS) is 33.9. The lowest BCUT2D eigenvalue weighted by molar-refractivity contribution is -0.129. The number of benzene rings is 1. The molecule has 3 fully saturated rings. The molecule has 1 heterocycles. The van der Waals surface area contributed by atoms with E-state index in [1.807, 2.05) is 6.92 Å². The van der Waals surface area contributed by atoms with Crippen LogP contribution < -0.4 is 0 Å². The van der Waals surface area contributed by atoms with E-state index in [1.165, 1.54) is 16.4 Å². The van der Waals surface area contributed by atoms with E-state index >= 15 is 0 Å². The first-order valence-electron chi connectivity index (χ1n) is 9.93. The van der Waals surface area contributed by atoms with E-state index in [2.05, 4.69) is 13.8 Å². The third kappa shape index (κ3) is 2.59. The highest BCUT2D eigenvalue weighted by Gasteiger charge is 2.72. The van der Waals surface area contributed by atoms with E-state index < -0.39 is 10.0 Å². The van der Waals surface area contributed by atoms with Crippen LogP contribution in [0.3, 0.4) is 0 Å². The van der Waals surface area contributed by atoms with Gasteiger partial charge in [-0.2, -0.15) is 0 Å². The van der Waals surface area contributed by atoms with Crippen LogP contribution in [0.15, 0.2) is 24.3 Å². The van der Waals surface area contributed by atoms with Crippen molar-refractivity contribution in [3.05, 3.63) is 35.6 Å². The lowest BCUT2D eigenvalue weighted by Gasteiger charge is -2.37. The van der Waals surface area contributed by atoms with Gasteiger partial charge in [-0.25, -0.2) is 17.1 Å². The minimum absolute atomic E-state index is 0.0408. The molecule has 0 aromatic heterocycles. The predicted octanol–water partition coefficient (Wildman–Crippen LogP) is 4.08. The summed E-state index contributed by atoms with van der Waals surface area (Å²) in [6.07, 6.45) is 3.61. The molecule has 1 aromatic rings. The highest BCUT2D eigenvalue weighted by atomic mass is 32.2. The Labute approximate surface area is 161 Å². The number of rotatable bonds is 4. The lowest BCUT2D eigenvalue weighted by atomic mass is 9.69. The van der Waals surface area contributed by atoms with Gasteiger partial charge in [-0.05, 0) is 60.6 Å². The Kier molecular flexibility index (Phi) is 4.22. The Bertz CT molecular complexity index is 864. The Morgan fingerprint density at radius 3 is 2.56 bits per heavy atom. The van der Waals surface area contributed by atoms with Gasteiger partial charge in [-0.3, -0.25) is 4.79 Å². The van der Waals surface area contributed by atoms with E-state index in [1.54, 1.807) is 12.1 Å². The Morgan fingerprint density at radius 2 is 1.96 bits per heavy atom. The molecule has 1 saturated heterocycles. The fourth-order valence-electron chi connectivity index (χ4n) is 6.15. The fourth-order valence-corrected chi connectivity index (χ4v) is 8.71. The monoisotopic (exact) mass is 393 g/mol. The van der Waals surface area contributed by atoms with Crippen LogP contribution in [-0.4, -0.2) is 30.4 Å². The summed E-state index contributed by atoms with van der Waals surface area (Å²) >= 11 is 0. The molecule has 1 amide bonds. The molecule has 148 valence electrons. The van der Waals surface area contributed by atoms with Crippen molar-refractivity contribution in [3.63, 3.8) is 0 Å². The van der Waals surface area contributed by atoms with Crippen LogP contribution in [0.1, 0.15) is 64.4 Å². The maximum atomic E-state index is 13.2. The summed E-state index contributed by atoms with van der Waals surface area (Å²) in [7, 11) is -3.58. The highest BCUT2D eigenvalue weighted by molar-refractivity contribution is 7.90. The van der Waals surface area contributed by atoms with E-state index in [-0.39, 0.29) is 46.7 Å². The van der Waals surface area contributed by atoms with Crippen molar-refractivity contribution >= 4 is 15.9 Å². The Hall–Kier alpha value is -1.43. The van der Waals surface area contributed by atoms with Crippen LogP contribution >= 0.6 is 0 Å².